The van der Waals surface area contributed by atoms with Crippen molar-refractivity contribution in [2.75, 3.05) is 6.54 Å². The van der Waals surface area contributed by atoms with Gasteiger partial charge in [0.15, 0.2) is 0 Å². The third-order valence-corrected chi connectivity index (χ3v) is 1.66. The quantitative estimate of drug-likeness (QED) is 0.485. The Kier molecular flexibility index (Phi) is 6.99. The Balaban J connectivity index is 2.88. The van der Waals surface area contributed by atoms with Crippen molar-refractivity contribution in [3.8, 4) is 0 Å². The first kappa shape index (κ1) is 9.50. The first-order chi connectivity index (χ1) is 4.31. The Labute approximate surface area is 66.1 Å². The molecule has 0 aliphatic heterocycles. The van der Waals surface area contributed by atoms with Crippen molar-refractivity contribution in [3.63, 3.8) is 0 Å². The minimum absolute atomic E-state index is 0.372. The molecule has 0 aliphatic carbocycles. The van der Waals surface area contributed by atoms with Gasteiger partial charge in [0, 0.05) is 12.6 Å². The average Bonchev–Trinajstić information content (AvgIpc) is 1.89. The van der Waals surface area contributed by atoms with Crippen molar-refractivity contribution >= 4 is 23.6 Å². The van der Waals surface area contributed by atoms with Crippen LogP contribution in [0, 0.1) is 0 Å². The van der Waals surface area contributed by atoms with Crippen molar-refractivity contribution in [3.05, 3.63) is 0 Å². The van der Waals surface area contributed by atoms with Gasteiger partial charge in [-0.1, -0.05) is 0 Å². The van der Waals surface area contributed by atoms with E-state index in [1.807, 2.05) is 6.92 Å². The maximum atomic E-state index is 5.33. The molecule has 1 unspecified atom stereocenters. The van der Waals surface area contributed by atoms with E-state index in [4.69, 9.17) is 23.6 Å². The molecule has 0 saturated heterocycles. The zero-order valence-electron chi connectivity index (χ0n) is 5.45. The molecule has 1 atom stereocenters. The van der Waals surface area contributed by atoms with Crippen LogP contribution in [0.15, 0.2) is 0 Å². The summed E-state index contributed by atoms with van der Waals surface area (Å²) in [5, 5.41) is 0. The van der Waals surface area contributed by atoms with Gasteiger partial charge >= 0.3 is 0 Å². The van der Waals surface area contributed by atoms with Crippen LogP contribution in [0.2, 0.25) is 0 Å². The highest BCUT2D eigenvalue weighted by atomic mass is 35.5. The Morgan fingerprint density at radius 2 is 2.11 bits per heavy atom. The van der Waals surface area contributed by atoms with Crippen molar-refractivity contribution < 1.29 is 0 Å². The van der Waals surface area contributed by atoms with Crippen LogP contribution in [0.4, 0.5) is 0 Å². The van der Waals surface area contributed by atoms with Gasteiger partial charge in [0.05, 0.1) is 0 Å². The van der Waals surface area contributed by atoms with Crippen LogP contribution in [0.5, 0.6) is 0 Å². The summed E-state index contributed by atoms with van der Waals surface area (Å²) in [4.78, 5) is 5.17. The van der Waals surface area contributed by atoms with E-state index in [0.29, 0.717) is 6.04 Å². The van der Waals surface area contributed by atoms with Gasteiger partial charge in [0.2, 0.25) is 0 Å². The normalized spacial score (nSPS) is 13.7. The predicted molar refractivity (Wildman–Crippen MR) is 41.5 cm³/mol. The Morgan fingerprint density at radius 1 is 1.44 bits per heavy atom. The lowest BCUT2D eigenvalue weighted by atomic mass is 10.2. The van der Waals surface area contributed by atoms with E-state index in [9.17, 15) is 0 Å². The Bertz CT molecular complexity index is 60.9. The maximum absolute atomic E-state index is 5.33. The van der Waals surface area contributed by atoms with Crippen LogP contribution < -0.4 is 9.67 Å². The fourth-order valence-corrected chi connectivity index (χ4v) is 0.772. The van der Waals surface area contributed by atoms with Gasteiger partial charge in [-0.2, -0.15) is 0 Å². The van der Waals surface area contributed by atoms with Crippen LogP contribution in [-0.4, -0.2) is 12.6 Å². The second kappa shape index (κ2) is 6.62. The lowest BCUT2D eigenvalue weighted by Crippen LogP contribution is -2.17. The maximum Gasteiger partial charge on any atom is 0.0193 e. The molecule has 0 aromatic rings. The van der Waals surface area contributed by atoms with Gasteiger partial charge in [-0.3, -0.25) is 0 Å². The summed E-state index contributed by atoms with van der Waals surface area (Å²) < 4.78 is 0. The number of hydrogen-bond acceptors (Lipinski definition) is 2. The molecule has 2 N–H and O–H groups in total. The topological polar surface area (TPSA) is 24.1 Å². The van der Waals surface area contributed by atoms with Crippen LogP contribution in [-0.2, 0) is 0 Å². The molecule has 0 aromatic carbocycles. The zero-order valence-corrected chi connectivity index (χ0v) is 6.97. The third kappa shape index (κ3) is 6.38. The summed E-state index contributed by atoms with van der Waals surface area (Å²) in [6.45, 7) is 2.87. The van der Waals surface area contributed by atoms with Crippen molar-refractivity contribution in [2.45, 2.75) is 25.8 Å². The molecule has 9 heavy (non-hydrogen) atoms. The third-order valence-electron chi connectivity index (χ3n) is 1.09. The molecular weight excluding hydrogens is 159 g/mol. The number of hydrogen-bond donors (Lipinski definition) is 2. The van der Waals surface area contributed by atoms with Crippen LogP contribution in [0.3, 0.4) is 0 Å². The lowest BCUT2D eigenvalue weighted by molar-refractivity contribution is 0.587. The Morgan fingerprint density at radius 3 is 2.56 bits per heavy atom. The molecule has 56 valence electrons. The highest BCUT2D eigenvalue weighted by Crippen LogP contribution is 1.95. The van der Waals surface area contributed by atoms with Crippen molar-refractivity contribution in [1.29, 1.82) is 0 Å². The smallest absolute Gasteiger partial charge is 0.0193 e. The fourth-order valence-electron chi connectivity index (χ4n) is 0.530. The largest absolute Gasteiger partial charge is 0.234 e. The lowest BCUT2D eigenvalue weighted by Gasteiger charge is -2.05. The molecule has 2 nitrogen and oxygen atoms in total. The summed E-state index contributed by atoms with van der Waals surface area (Å²) >= 11 is 10.6. The van der Waals surface area contributed by atoms with Gasteiger partial charge in [-0.15, -0.1) is 0 Å². The highest BCUT2D eigenvalue weighted by molar-refractivity contribution is 6.13. The molecule has 0 aliphatic rings. The average molecular weight is 171 g/mol. The molecule has 0 saturated carbocycles. The second-order valence-electron chi connectivity index (χ2n) is 2.04. The van der Waals surface area contributed by atoms with Crippen molar-refractivity contribution in [2.24, 2.45) is 0 Å². The van der Waals surface area contributed by atoms with Crippen LogP contribution >= 0.6 is 23.6 Å². The Hall–Kier alpha value is 0.500. The van der Waals surface area contributed by atoms with E-state index in [1.165, 1.54) is 0 Å². The minimum atomic E-state index is 0.372. The van der Waals surface area contributed by atoms with Gasteiger partial charge < -0.3 is 0 Å². The second-order valence-corrected chi connectivity index (χ2v) is 2.52. The molecular formula is C5H12Cl2N2. The van der Waals surface area contributed by atoms with Gasteiger partial charge in [0.25, 0.3) is 0 Å². The molecule has 4 heteroatoms. The molecule has 0 aromatic heterocycles. The molecule has 0 heterocycles. The zero-order chi connectivity index (χ0) is 7.11. The SMILES string of the molecule is CC(CCCNCl)NCl. The summed E-state index contributed by atoms with van der Waals surface area (Å²) in [7, 11) is 0. The standard InChI is InChI=1S/C5H12Cl2N2/c1-5(9-7)3-2-4-8-6/h5,8-9H,2-4H2,1H3. The minimum Gasteiger partial charge on any atom is -0.234 e. The summed E-state index contributed by atoms with van der Waals surface area (Å²) in [5.41, 5.74) is 0. The first-order valence-corrected chi connectivity index (χ1v) is 3.76. The monoisotopic (exact) mass is 170 g/mol. The number of halogens is 2. The van der Waals surface area contributed by atoms with Gasteiger partial charge in [-0.25, -0.2) is 9.67 Å². The van der Waals surface area contributed by atoms with E-state index in [2.05, 4.69) is 9.67 Å². The van der Waals surface area contributed by atoms with E-state index in [1.54, 1.807) is 0 Å². The first-order valence-electron chi connectivity index (χ1n) is 3.01. The van der Waals surface area contributed by atoms with Crippen LogP contribution in [0.25, 0.3) is 0 Å². The highest BCUT2D eigenvalue weighted by Gasteiger charge is 1.96. The molecule has 0 rings (SSSR count). The molecule has 0 spiro atoms. The molecule has 0 radical (unpaired) electrons. The number of rotatable bonds is 5. The van der Waals surface area contributed by atoms with E-state index < -0.39 is 0 Å². The summed E-state index contributed by atoms with van der Waals surface area (Å²) in [5.74, 6) is 0. The molecule has 0 fully saturated rings. The summed E-state index contributed by atoms with van der Waals surface area (Å²) in [6, 6.07) is 0.372. The van der Waals surface area contributed by atoms with Crippen molar-refractivity contribution in [1.82, 2.24) is 9.67 Å². The van der Waals surface area contributed by atoms with E-state index in [-0.39, 0.29) is 0 Å². The van der Waals surface area contributed by atoms with E-state index >= 15 is 0 Å². The van der Waals surface area contributed by atoms with Crippen LogP contribution in [0.1, 0.15) is 19.8 Å². The fraction of sp³-hybridized carbons (Fsp3) is 1.00. The predicted octanol–water partition coefficient (Wildman–Crippen LogP) is 1.64. The van der Waals surface area contributed by atoms with Gasteiger partial charge in [-0.05, 0) is 43.3 Å². The summed E-state index contributed by atoms with van der Waals surface area (Å²) in [6.07, 6.45) is 2.09. The molecule has 0 amide bonds. The molecule has 0 bridgehead atoms. The van der Waals surface area contributed by atoms with E-state index in [0.717, 1.165) is 19.4 Å². The van der Waals surface area contributed by atoms with Gasteiger partial charge in [0.1, 0.15) is 0 Å². The number of nitrogens with one attached hydrogen (secondary N) is 2.